The maximum atomic E-state index is 13.2. The Kier molecular flexibility index (Phi) is 6.52. The summed E-state index contributed by atoms with van der Waals surface area (Å²) < 4.78 is 13.2. The van der Waals surface area contributed by atoms with Crippen molar-refractivity contribution >= 4 is 17.3 Å². The number of amides is 1. The van der Waals surface area contributed by atoms with E-state index in [1.54, 1.807) is 6.92 Å². The summed E-state index contributed by atoms with van der Waals surface area (Å²) in [4.78, 5) is 18.3. The third-order valence-electron chi connectivity index (χ3n) is 5.29. The molecule has 0 bridgehead atoms. The van der Waals surface area contributed by atoms with Crippen molar-refractivity contribution < 1.29 is 9.18 Å². The summed E-state index contributed by atoms with van der Waals surface area (Å²) in [6.45, 7) is 5.66. The number of hydrogen-bond acceptors (Lipinski definition) is 4. The molecule has 150 valence electrons. The molecule has 0 aliphatic carbocycles. The highest BCUT2D eigenvalue weighted by atomic mass is 19.1. The van der Waals surface area contributed by atoms with Crippen LogP contribution in [0.1, 0.15) is 18.5 Å². The van der Waals surface area contributed by atoms with Crippen molar-refractivity contribution in [3.63, 3.8) is 0 Å². The summed E-state index contributed by atoms with van der Waals surface area (Å²) >= 11 is 0. The SMILES string of the molecule is CC(=O)NCC(c1ccc(N(C)C)cc1)N1CCN(c2ccc(F)cc2)CC1. The predicted molar refractivity (Wildman–Crippen MR) is 112 cm³/mol. The second-order valence-corrected chi connectivity index (χ2v) is 7.44. The maximum Gasteiger partial charge on any atom is 0.216 e. The van der Waals surface area contributed by atoms with Gasteiger partial charge in [-0.15, -0.1) is 0 Å². The molecule has 2 aromatic rings. The average molecular weight is 384 g/mol. The minimum absolute atomic E-state index is 0.0140. The lowest BCUT2D eigenvalue weighted by atomic mass is 10.0. The van der Waals surface area contributed by atoms with Crippen molar-refractivity contribution in [3.05, 3.63) is 59.9 Å². The molecule has 2 aromatic carbocycles. The number of carbonyl (C=O) groups excluding carboxylic acids is 1. The van der Waals surface area contributed by atoms with Gasteiger partial charge in [-0.3, -0.25) is 9.69 Å². The Morgan fingerprint density at radius 1 is 1.04 bits per heavy atom. The van der Waals surface area contributed by atoms with Crippen LogP contribution in [0.5, 0.6) is 0 Å². The van der Waals surface area contributed by atoms with Crippen LogP contribution in [0.3, 0.4) is 0 Å². The predicted octanol–water partition coefficient (Wildman–Crippen LogP) is 2.89. The van der Waals surface area contributed by atoms with E-state index in [4.69, 9.17) is 0 Å². The van der Waals surface area contributed by atoms with Crippen molar-refractivity contribution in [1.82, 2.24) is 10.2 Å². The van der Waals surface area contributed by atoms with Crippen molar-refractivity contribution in [2.45, 2.75) is 13.0 Å². The number of rotatable bonds is 6. The first-order chi connectivity index (χ1) is 13.4. The number of anilines is 2. The molecule has 1 amide bonds. The Bertz CT molecular complexity index is 768. The lowest BCUT2D eigenvalue weighted by Crippen LogP contribution is -2.49. The summed E-state index contributed by atoms with van der Waals surface area (Å²) in [5, 5.41) is 2.98. The summed E-state index contributed by atoms with van der Waals surface area (Å²) in [5.74, 6) is -0.223. The van der Waals surface area contributed by atoms with Gasteiger partial charge >= 0.3 is 0 Å². The van der Waals surface area contributed by atoms with Crippen LogP contribution >= 0.6 is 0 Å². The lowest BCUT2D eigenvalue weighted by molar-refractivity contribution is -0.119. The molecule has 1 N–H and O–H groups in total. The molecule has 0 aromatic heterocycles. The fourth-order valence-electron chi connectivity index (χ4n) is 3.64. The van der Waals surface area contributed by atoms with E-state index in [-0.39, 0.29) is 17.8 Å². The fourth-order valence-corrected chi connectivity index (χ4v) is 3.64. The number of benzene rings is 2. The van der Waals surface area contributed by atoms with Gasteiger partial charge in [-0.2, -0.15) is 0 Å². The monoisotopic (exact) mass is 384 g/mol. The quantitative estimate of drug-likeness (QED) is 0.831. The highest BCUT2D eigenvalue weighted by Crippen LogP contribution is 2.25. The third kappa shape index (κ3) is 5.01. The molecule has 1 aliphatic rings. The van der Waals surface area contributed by atoms with Crippen LogP contribution in [0.25, 0.3) is 0 Å². The molecule has 0 saturated carbocycles. The van der Waals surface area contributed by atoms with Crippen LogP contribution in [-0.2, 0) is 4.79 Å². The molecule has 28 heavy (non-hydrogen) atoms. The standard InChI is InChI=1S/C22H29FN4O/c1-17(28)24-16-22(18-4-8-20(9-5-18)25(2)3)27-14-12-26(13-15-27)21-10-6-19(23)7-11-21/h4-11,22H,12-16H2,1-3H3,(H,24,28). The molecular weight excluding hydrogens is 355 g/mol. The van der Waals surface area contributed by atoms with Crippen LogP contribution in [0.2, 0.25) is 0 Å². The van der Waals surface area contributed by atoms with Crippen LogP contribution < -0.4 is 15.1 Å². The summed E-state index contributed by atoms with van der Waals surface area (Å²) in [6, 6.07) is 15.3. The summed E-state index contributed by atoms with van der Waals surface area (Å²) in [7, 11) is 4.05. The van der Waals surface area contributed by atoms with Crippen LogP contribution in [0, 0.1) is 5.82 Å². The van der Waals surface area contributed by atoms with Crippen LogP contribution in [0.4, 0.5) is 15.8 Å². The molecule has 6 heteroatoms. The van der Waals surface area contributed by atoms with Gasteiger partial charge in [0.05, 0.1) is 6.04 Å². The maximum absolute atomic E-state index is 13.2. The van der Waals surface area contributed by atoms with Crippen molar-refractivity contribution in [2.75, 3.05) is 56.6 Å². The zero-order valence-corrected chi connectivity index (χ0v) is 16.9. The van der Waals surface area contributed by atoms with Crippen LogP contribution in [0.15, 0.2) is 48.5 Å². The second-order valence-electron chi connectivity index (χ2n) is 7.44. The molecule has 1 fully saturated rings. The first-order valence-corrected chi connectivity index (χ1v) is 9.70. The van der Waals surface area contributed by atoms with E-state index in [0.717, 1.165) is 37.6 Å². The van der Waals surface area contributed by atoms with Crippen LogP contribution in [-0.4, -0.2) is 57.6 Å². The van der Waals surface area contributed by atoms with E-state index in [2.05, 4.69) is 44.3 Å². The number of halogens is 1. The molecule has 5 nitrogen and oxygen atoms in total. The first-order valence-electron chi connectivity index (χ1n) is 9.70. The normalized spacial score (nSPS) is 15.9. The summed E-state index contributed by atoms with van der Waals surface area (Å²) in [6.07, 6.45) is 0. The molecule has 1 heterocycles. The first kappa shape index (κ1) is 20.1. The van der Waals surface area contributed by atoms with E-state index in [0.29, 0.717) is 6.54 Å². The fraction of sp³-hybridized carbons (Fsp3) is 0.409. The molecular formula is C22H29FN4O. The molecule has 3 rings (SSSR count). The molecule has 1 saturated heterocycles. The minimum atomic E-state index is -0.209. The van der Waals surface area contributed by atoms with Gasteiger partial charge in [0.15, 0.2) is 0 Å². The molecule has 1 unspecified atom stereocenters. The Morgan fingerprint density at radius 3 is 2.18 bits per heavy atom. The number of carbonyl (C=O) groups is 1. The van der Waals surface area contributed by atoms with Crippen molar-refractivity contribution in [3.8, 4) is 0 Å². The molecule has 1 atom stereocenters. The second kappa shape index (κ2) is 9.06. The smallest absolute Gasteiger partial charge is 0.216 e. The molecule has 0 spiro atoms. The van der Waals surface area contributed by atoms with Gasteiger partial charge in [-0.05, 0) is 42.0 Å². The van der Waals surface area contributed by atoms with Gasteiger partial charge < -0.3 is 15.1 Å². The highest BCUT2D eigenvalue weighted by Gasteiger charge is 2.25. The Hall–Kier alpha value is -2.60. The van der Waals surface area contributed by atoms with Gasteiger partial charge in [0.1, 0.15) is 5.82 Å². The zero-order valence-electron chi connectivity index (χ0n) is 16.9. The Balaban J connectivity index is 1.70. The van der Waals surface area contributed by atoms with Gasteiger partial charge in [0, 0.05) is 65.1 Å². The lowest BCUT2D eigenvalue weighted by Gasteiger charge is -2.40. The van der Waals surface area contributed by atoms with E-state index < -0.39 is 0 Å². The average Bonchev–Trinajstić information content (AvgIpc) is 2.69. The van der Waals surface area contributed by atoms with E-state index in [9.17, 15) is 9.18 Å². The van der Waals surface area contributed by atoms with Gasteiger partial charge in [0.25, 0.3) is 0 Å². The topological polar surface area (TPSA) is 38.8 Å². The zero-order chi connectivity index (χ0) is 20.1. The minimum Gasteiger partial charge on any atom is -0.378 e. The molecule has 0 radical (unpaired) electrons. The number of nitrogens with one attached hydrogen (secondary N) is 1. The Morgan fingerprint density at radius 2 is 1.64 bits per heavy atom. The summed E-state index contributed by atoms with van der Waals surface area (Å²) in [5.41, 5.74) is 3.41. The van der Waals surface area contributed by atoms with Gasteiger partial charge in [-0.25, -0.2) is 4.39 Å². The van der Waals surface area contributed by atoms with Gasteiger partial charge in [0.2, 0.25) is 5.91 Å². The van der Waals surface area contributed by atoms with E-state index in [1.165, 1.54) is 17.7 Å². The van der Waals surface area contributed by atoms with E-state index in [1.807, 2.05) is 26.2 Å². The third-order valence-corrected chi connectivity index (χ3v) is 5.29. The van der Waals surface area contributed by atoms with Crippen molar-refractivity contribution in [2.24, 2.45) is 0 Å². The van der Waals surface area contributed by atoms with Crippen molar-refractivity contribution in [1.29, 1.82) is 0 Å². The number of hydrogen-bond donors (Lipinski definition) is 1. The number of piperazine rings is 1. The highest BCUT2D eigenvalue weighted by molar-refractivity contribution is 5.72. The Labute approximate surface area is 166 Å². The van der Waals surface area contributed by atoms with Gasteiger partial charge in [-0.1, -0.05) is 12.1 Å². The number of nitrogens with zero attached hydrogens (tertiary/aromatic N) is 3. The largest absolute Gasteiger partial charge is 0.378 e. The van der Waals surface area contributed by atoms with E-state index >= 15 is 0 Å². The molecule has 1 aliphatic heterocycles.